The highest BCUT2D eigenvalue weighted by Gasteiger charge is 2.02. The Morgan fingerprint density at radius 2 is 2.11 bits per heavy atom. The Hall–Kier alpha value is -0.830. The van der Waals surface area contributed by atoms with E-state index in [0.29, 0.717) is 5.57 Å². The van der Waals surface area contributed by atoms with Crippen LogP contribution in [0.3, 0.4) is 0 Å². The fraction of sp³-hybridized carbons (Fsp3) is 0.500. The van der Waals surface area contributed by atoms with Gasteiger partial charge >= 0.3 is 5.97 Å². The zero-order valence-electron chi connectivity index (χ0n) is 5.80. The van der Waals surface area contributed by atoms with Crippen molar-refractivity contribution in [1.82, 2.24) is 0 Å². The zero-order valence-corrected chi connectivity index (χ0v) is 5.80. The van der Waals surface area contributed by atoms with Crippen LogP contribution in [0, 0.1) is 0 Å². The Kier molecular flexibility index (Phi) is 3.71. The summed E-state index contributed by atoms with van der Waals surface area (Å²) in [6.45, 7) is 3.41. The molecule has 0 aromatic carbocycles. The highest BCUT2D eigenvalue weighted by Crippen LogP contribution is 1.94. The lowest BCUT2D eigenvalue weighted by Gasteiger charge is -1.96. The molecule has 0 aromatic rings. The topological polar surface area (TPSA) is 35.5 Å². The fourth-order valence-electron chi connectivity index (χ4n) is 0.259. The van der Waals surface area contributed by atoms with Gasteiger partial charge < -0.3 is 0 Å². The first-order valence-electron chi connectivity index (χ1n) is 2.60. The molecule has 0 bridgehead atoms. The lowest BCUT2D eigenvalue weighted by atomic mass is 10.3. The average molecular weight is 130 g/mol. The third kappa shape index (κ3) is 2.87. The molecule has 9 heavy (non-hydrogen) atoms. The van der Waals surface area contributed by atoms with Crippen molar-refractivity contribution in [3.8, 4) is 0 Å². The van der Waals surface area contributed by atoms with Gasteiger partial charge in [0.15, 0.2) is 0 Å². The second kappa shape index (κ2) is 4.09. The van der Waals surface area contributed by atoms with Crippen molar-refractivity contribution < 1.29 is 14.6 Å². The first kappa shape index (κ1) is 8.17. The van der Waals surface area contributed by atoms with Gasteiger partial charge in [0.25, 0.3) is 0 Å². The molecule has 0 amide bonds. The van der Waals surface area contributed by atoms with Crippen LogP contribution in [-0.2, 0) is 14.6 Å². The van der Waals surface area contributed by atoms with Crippen LogP contribution >= 0.6 is 0 Å². The van der Waals surface area contributed by atoms with Crippen LogP contribution in [0.4, 0.5) is 0 Å². The third-order valence-corrected chi connectivity index (χ3v) is 0.914. The maximum Gasteiger partial charge on any atom is 0.368 e. The largest absolute Gasteiger partial charge is 0.368 e. The quantitative estimate of drug-likeness (QED) is 0.318. The monoisotopic (exact) mass is 130 g/mol. The Bertz CT molecular complexity index is 126. The number of carbonyl (C=O) groups is 1. The summed E-state index contributed by atoms with van der Waals surface area (Å²) in [6.07, 6.45) is 1.65. The SMILES string of the molecule is C/C=C(\C)C(=O)OOC. The molecule has 0 unspecified atom stereocenters. The molecular weight excluding hydrogens is 120 g/mol. The smallest absolute Gasteiger partial charge is 0.294 e. The molecule has 0 heterocycles. The number of carbonyl (C=O) groups excluding carboxylic acids is 1. The number of hydrogen-bond donors (Lipinski definition) is 0. The van der Waals surface area contributed by atoms with E-state index in [-0.39, 0.29) is 0 Å². The van der Waals surface area contributed by atoms with Crippen molar-refractivity contribution in [2.24, 2.45) is 0 Å². The summed E-state index contributed by atoms with van der Waals surface area (Å²) in [7, 11) is 1.29. The molecule has 0 saturated carbocycles. The maximum atomic E-state index is 10.6. The highest BCUT2D eigenvalue weighted by atomic mass is 17.2. The van der Waals surface area contributed by atoms with Crippen LogP contribution in [0.2, 0.25) is 0 Å². The first-order chi connectivity index (χ1) is 4.22. The molecule has 0 fully saturated rings. The van der Waals surface area contributed by atoms with E-state index in [0.717, 1.165) is 0 Å². The Balaban J connectivity index is 3.74. The molecule has 0 N–H and O–H groups in total. The number of rotatable bonds is 2. The van der Waals surface area contributed by atoms with E-state index in [1.807, 2.05) is 0 Å². The van der Waals surface area contributed by atoms with Gasteiger partial charge in [0.2, 0.25) is 0 Å². The second-order valence-corrected chi connectivity index (χ2v) is 1.51. The molecule has 3 nitrogen and oxygen atoms in total. The van der Waals surface area contributed by atoms with Gasteiger partial charge in [-0.1, -0.05) is 6.08 Å². The van der Waals surface area contributed by atoms with Crippen molar-refractivity contribution in [1.29, 1.82) is 0 Å². The van der Waals surface area contributed by atoms with E-state index in [9.17, 15) is 4.79 Å². The van der Waals surface area contributed by atoms with E-state index in [1.165, 1.54) is 7.11 Å². The molecule has 0 aliphatic heterocycles. The standard InChI is InChI=1S/C6H10O3/c1-4-5(2)6(7)9-8-3/h4H,1-3H3/b5-4+. The van der Waals surface area contributed by atoms with Gasteiger partial charge in [0.05, 0.1) is 7.11 Å². The molecule has 0 aliphatic carbocycles. The maximum absolute atomic E-state index is 10.6. The number of hydrogen-bond acceptors (Lipinski definition) is 3. The van der Waals surface area contributed by atoms with Crippen LogP contribution in [0.25, 0.3) is 0 Å². The second-order valence-electron chi connectivity index (χ2n) is 1.51. The molecule has 0 radical (unpaired) electrons. The van der Waals surface area contributed by atoms with E-state index in [4.69, 9.17) is 0 Å². The van der Waals surface area contributed by atoms with Gasteiger partial charge in [0.1, 0.15) is 0 Å². The van der Waals surface area contributed by atoms with Crippen molar-refractivity contribution in [2.75, 3.05) is 7.11 Å². The van der Waals surface area contributed by atoms with Crippen LogP contribution in [-0.4, -0.2) is 13.1 Å². The van der Waals surface area contributed by atoms with Crippen LogP contribution < -0.4 is 0 Å². The molecule has 52 valence electrons. The summed E-state index contributed by atoms with van der Waals surface area (Å²) in [5, 5.41) is 0. The summed E-state index contributed by atoms with van der Waals surface area (Å²) in [4.78, 5) is 18.9. The van der Waals surface area contributed by atoms with Crippen molar-refractivity contribution in [2.45, 2.75) is 13.8 Å². The van der Waals surface area contributed by atoms with Gasteiger partial charge in [-0.15, -0.1) is 0 Å². The minimum atomic E-state index is -0.444. The lowest BCUT2D eigenvalue weighted by Crippen LogP contribution is -2.03. The highest BCUT2D eigenvalue weighted by molar-refractivity contribution is 5.87. The molecule has 0 atom stereocenters. The summed E-state index contributed by atoms with van der Waals surface area (Å²) in [6, 6.07) is 0. The van der Waals surface area contributed by atoms with E-state index < -0.39 is 5.97 Å². The Labute approximate surface area is 54.2 Å². The van der Waals surface area contributed by atoms with Gasteiger partial charge in [-0.3, -0.25) is 4.89 Å². The molecule has 0 aliphatic rings. The predicted octanol–water partition coefficient (Wildman–Crippen LogP) is 1.06. The predicted molar refractivity (Wildman–Crippen MR) is 32.5 cm³/mol. The van der Waals surface area contributed by atoms with E-state index in [2.05, 4.69) is 9.78 Å². The molecule has 0 saturated heterocycles. The fourth-order valence-corrected chi connectivity index (χ4v) is 0.259. The normalized spacial score (nSPS) is 11.2. The van der Waals surface area contributed by atoms with Gasteiger partial charge in [-0.05, 0) is 13.8 Å². The van der Waals surface area contributed by atoms with Crippen molar-refractivity contribution in [3.63, 3.8) is 0 Å². The molecule has 0 rings (SSSR count). The first-order valence-corrected chi connectivity index (χ1v) is 2.60. The Morgan fingerprint density at radius 3 is 2.44 bits per heavy atom. The van der Waals surface area contributed by atoms with Crippen LogP contribution in [0.15, 0.2) is 11.6 Å². The minimum absolute atomic E-state index is 0.444. The van der Waals surface area contributed by atoms with Gasteiger partial charge in [-0.25, -0.2) is 4.79 Å². The molecule has 0 spiro atoms. The summed E-state index contributed by atoms with van der Waals surface area (Å²) in [5.41, 5.74) is 0.539. The third-order valence-electron chi connectivity index (χ3n) is 0.914. The van der Waals surface area contributed by atoms with E-state index >= 15 is 0 Å². The minimum Gasteiger partial charge on any atom is -0.294 e. The van der Waals surface area contributed by atoms with Crippen molar-refractivity contribution in [3.05, 3.63) is 11.6 Å². The Morgan fingerprint density at radius 1 is 1.56 bits per heavy atom. The lowest BCUT2D eigenvalue weighted by molar-refractivity contribution is -0.250. The van der Waals surface area contributed by atoms with Crippen LogP contribution in [0.1, 0.15) is 13.8 Å². The molecule has 0 aromatic heterocycles. The number of allylic oxidation sites excluding steroid dienone is 1. The van der Waals surface area contributed by atoms with Crippen molar-refractivity contribution >= 4 is 5.97 Å². The van der Waals surface area contributed by atoms with E-state index in [1.54, 1.807) is 19.9 Å². The van der Waals surface area contributed by atoms with Gasteiger partial charge in [0, 0.05) is 5.57 Å². The average Bonchev–Trinajstić information content (AvgIpc) is 1.87. The zero-order chi connectivity index (χ0) is 7.28. The van der Waals surface area contributed by atoms with Gasteiger partial charge in [-0.2, -0.15) is 4.89 Å². The summed E-state index contributed by atoms with van der Waals surface area (Å²) in [5.74, 6) is -0.444. The summed E-state index contributed by atoms with van der Waals surface area (Å²) >= 11 is 0. The molecular formula is C6H10O3. The molecule has 3 heteroatoms. The van der Waals surface area contributed by atoms with Crippen LogP contribution in [0.5, 0.6) is 0 Å². The summed E-state index contributed by atoms with van der Waals surface area (Å²) < 4.78 is 0.